The molecule has 2 N–H and O–H groups in total. The Morgan fingerprint density at radius 3 is 3.00 bits per heavy atom. The summed E-state index contributed by atoms with van der Waals surface area (Å²) < 4.78 is 1.64. The summed E-state index contributed by atoms with van der Waals surface area (Å²) in [6.45, 7) is 4.32. The van der Waals surface area contributed by atoms with Gasteiger partial charge >= 0.3 is 6.03 Å². The van der Waals surface area contributed by atoms with Crippen molar-refractivity contribution in [2.75, 3.05) is 11.9 Å². The number of nitrogens with zero attached hydrogens (tertiary/aromatic N) is 5. The van der Waals surface area contributed by atoms with Crippen molar-refractivity contribution in [2.45, 2.75) is 39.5 Å². The SMILES string of the molecule is Cc1nc2c(NC(=O)NCCc3nc(C)c4c(n3)CCC4)cccn2n1. The molecule has 4 rings (SSSR count). The number of carbonyl (C=O) groups is 1. The third kappa shape index (κ3) is 3.22. The van der Waals surface area contributed by atoms with Crippen LogP contribution < -0.4 is 10.6 Å². The molecule has 3 aromatic heterocycles. The summed E-state index contributed by atoms with van der Waals surface area (Å²) in [6, 6.07) is 3.34. The van der Waals surface area contributed by atoms with E-state index >= 15 is 0 Å². The monoisotopic (exact) mass is 351 g/mol. The maximum absolute atomic E-state index is 12.2. The largest absolute Gasteiger partial charge is 0.337 e. The quantitative estimate of drug-likeness (QED) is 0.749. The van der Waals surface area contributed by atoms with Gasteiger partial charge in [0.05, 0.1) is 5.69 Å². The molecule has 3 heterocycles. The lowest BCUT2D eigenvalue weighted by Crippen LogP contribution is -2.31. The fraction of sp³-hybridized carbons (Fsp3) is 0.389. The lowest BCUT2D eigenvalue weighted by atomic mass is 10.2. The van der Waals surface area contributed by atoms with Crippen LogP contribution in [0.5, 0.6) is 0 Å². The van der Waals surface area contributed by atoms with Crippen LogP contribution in [0.3, 0.4) is 0 Å². The van der Waals surface area contributed by atoms with Crippen LogP contribution in [0.2, 0.25) is 0 Å². The van der Waals surface area contributed by atoms with E-state index < -0.39 is 0 Å². The van der Waals surface area contributed by atoms with Gasteiger partial charge in [0.25, 0.3) is 0 Å². The van der Waals surface area contributed by atoms with Crippen molar-refractivity contribution in [1.82, 2.24) is 29.9 Å². The van der Waals surface area contributed by atoms with E-state index in [1.807, 2.05) is 19.9 Å². The number of hydrogen-bond acceptors (Lipinski definition) is 5. The van der Waals surface area contributed by atoms with Crippen LogP contribution in [0, 0.1) is 13.8 Å². The Morgan fingerprint density at radius 2 is 2.12 bits per heavy atom. The molecule has 0 fully saturated rings. The van der Waals surface area contributed by atoms with Gasteiger partial charge in [0.2, 0.25) is 0 Å². The Hall–Kier alpha value is -3.03. The molecular weight excluding hydrogens is 330 g/mol. The third-order valence-corrected chi connectivity index (χ3v) is 4.54. The van der Waals surface area contributed by atoms with Crippen molar-refractivity contribution in [3.05, 3.63) is 46.9 Å². The summed E-state index contributed by atoms with van der Waals surface area (Å²) in [7, 11) is 0. The van der Waals surface area contributed by atoms with Gasteiger partial charge in [-0.25, -0.2) is 24.3 Å². The van der Waals surface area contributed by atoms with Crippen LogP contribution >= 0.6 is 0 Å². The first-order valence-electron chi connectivity index (χ1n) is 8.82. The average Bonchev–Trinajstić information content (AvgIpc) is 3.21. The van der Waals surface area contributed by atoms with Crippen molar-refractivity contribution < 1.29 is 4.79 Å². The minimum absolute atomic E-state index is 0.281. The highest BCUT2D eigenvalue weighted by Crippen LogP contribution is 2.22. The maximum atomic E-state index is 12.2. The summed E-state index contributed by atoms with van der Waals surface area (Å²) in [4.78, 5) is 25.7. The van der Waals surface area contributed by atoms with Crippen LogP contribution in [0.25, 0.3) is 5.65 Å². The Labute approximate surface area is 151 Å². The highest BCUT2D eigenvalue weighted by atomic mass is 16.2. The Kier molecular flexibility index (Phi) is 4.24. The van der Waals surface area contributed by atoms with Crippen LogP contribution in [0.1, 0.15) is 35.0 Å². The van der Waals surface area contributed by atoms with Gasteiger partial charge < -0.3 is 10.6 Å². The van der Waals surface area contributed by atoms with Crippen LogP contribution in [0.15, 0.2) is 18.3 Å². The van der Waals surface area contributed by atoms with E-state index in [9.17, 15) is 4.79 Å². The predicted octanol–water partition coefficient (Wildman–Crippen LogP) is 1.99. The van der Waals surface area contributed by atoms with E-state index in [0.717, 1.165) is 30.8 Å². The highest BCUT2D eigenvalue weighted by molar-refractivity contribution is 5.92. The van der Waals surface area contributed by atoms with Crippen LogP contribution in [0.4, 0.5) is 10.5 Å². The Bertz CT molecular complexity index is 979. The van der Waals surface area contributed by atoms with E-state index in [0.29, 0.717) is 30.1 Å². The molecule has 8 nitrogen and oxygen atoms in total. The summed E-state index contributed by atoms with van der Waals surface area (Å²) in [6.07, 6.45) is 5.67. The molecule has 0 saturated carbocycles. The number of pyridine rings is 1. The average molecular weight is 351 g/mol. The highest BCUT2D eigenvalue weighted by Gasteiger charge is 2.17. The first-order valence-corrected chi connectivity index (χ1v) is 8.82. The summed E-state index contributed by atoms with van der Waals surface area (Å²) >= 11 is 0. The van der Waals surface area contributed by atoms with Crippen LogP contribution in [-0.4, -0.2) is 37.1 Å². The zero-order valence-corrected chi connectivity index (χ0v) is 14.9. The number of anilines is 1. The second-order valence-electron chi connectivity index (χ2n) is 6.48. The molecule has 0 aromatic carbocycles. The lowest BCUT2D eigenvalue weighted by molar-refractivity contribution is 0.252. The van der Waals surface area contributed by atoms with Gasteiger partial charge in [0, 0.05) is 30.6 Å². The molecule has 1 aliphatic carbocycles. The standard InChI is InChI=1S/C18H21N7O/c1-11-13-5-3-6-14(13)22-16(20-11)8-9-19-18(26)23-15-7-4-10-25-17(15)21-12(2)24-25/h4,7,10H,3,5-6,8-9H2,1-2H3,(H2,19,23,26). The van der Waals surface area contributed by atoms with Crippen molar-refractivity contribution in [1.29, 1.82) is 0 Å². The second-order valence-corrected chi connectivity index (χ2v) is 6.48. The molecule has 134 valence electrons. The minimum Gasteiger partial charge on any atom is -0.337 e. The van der Waals surface area contributed by atoms with Gasteiger partial charge in [0.15, 0.2) is 5.65 Å². The normalized spacial score (nSPS) is 13.0. The molecule has 0 atom stereocenters. The third-order valence-electron chi connectivity index (χ3n) is 4.54. The van der Waals surface area contributed by atoms with Gasteiger partial charge in [-0.3, -0.25) is 0 Å². The molecule has 0 saturated heterocycles. The number of nitrogens with one attached hydrogen (secondary N) is 2. The molecular formula is C18H21N7O. The van der Waals surface area contributed by atoms with Crippen LogP contribution in [-0.2, 0) is 19.3 Å². The van der Waals surface area contributed by atoms with E-state index in [1.54, 1.807) is 16.8 Å². The molecule has 0 bridgehead atoms. The topological polar surface area (TPSA) is 97.1 Å². The minimum atomic E-state index is -0.281. The Morgan fingerprint density at radius 1 is 1.23 bits per heavy atom. The first-order chi connectivity index (χ1) is 12.6. The van der Waals surface area contributed by atoms with E-state index in [4.69, 9.17) is 0 Å². The number of aryl methyl sites for hydroxylation is 3. The van der Waals surface area contributed by atoms with Gasteiger partial charge in [-0.05, 0) is 50.8 Å². The molecule has 0 aliphatic heterocycles. The summed E-state index contributed by atoms with van der Waals surface area (Å²) in [5, 5.41) is 9.91. The number of hydrogen-bond donors (Lipinski definition) is 2. The number of fused-ring (bicyclic) bond motifs is 2. The smallest absolute Gasteiger partial charge is 0.319 e. The molecule has 2 amide bonds. The molecule has 0 unspecified atom stereocenters. The number of rotatable bonds is 4. The molecule has 1 aliphatic rings. The van der Waals surface area contributed by atoms with Crippen molar-refractivity contribution >= 4 is 17.4 Å². The molecule has 26 heavy (non-hydrogen) atoms. The molecule has 3 aromatic rings. The zero-order chi connectivity index (χ0) is 18.1. The fourth-order valence-electron chi connectivity index (χ4n) is 3.36. The van der Waals surface area contributed by atoms with Gasteiger partial charge in [-0.15, -0.1) is 0 Å². The van der Waals surface area contributed by atoms with Gasteiger partial charge in [0.1, 0.15) is 11.6 Å². The van der Waals surface area contributed by atoms with E-state index in [-0.39, 0.29) is 6.03 Å². The molecule has 8 heteroatoms. The fourth-order valence-corrected chi connectivity index (χ4v) is 3.36. The maximum Gasteiger partial charge on any atom is 0.319 e. The van der Waals surface area contributed by atoms with Crippen molar-refractivity contribution in [3.8, 4) is 0 Å². The van der Waals surface area contributed by atoms with Crippen molar-refractivity contribution in [2.24, 2.45) is 0 Å². The number of amides is 2. The zero-order valence-electron chi connectivity index (χ0n) is 14.9. The van der Waals surface area contributed by atoms with Crippen molar-refractivity contribution in [3.63, 3.8) is 0 Å². The Balaban J connectivity index is 1.36. The lowest BCUT2D eigenvalue weighted by Gasteiger charge is -2.09. The van der Waals surface area contributed by atoms with Gasteiger partial charge in [-0.1, -0.05) is 0 Å². The number of carbonyl (C=O) groups excluding carboxylic acids is 1. The first kappa shape index (κ1) is 16.4. The number of urea groups is 1. The predicted molar refractivity (Wildman–Crippen MR) is 97.2 cm³/mol. The summed E-state index contributed by atoms with van der Waals surface area (Å²) in [5.74, 6) is 1.45. The van der Waals surface area contributed by atoms with Gasteiger partial charge in [-0.2, -0.15) is 5.10 Å². The number of aromatic nitrogens is 5. The van der Waals surface area contributed by atoms with E-state index in [2.05, 4.69) is 30.7 Å². The second kappa shape index (κ2) is 6.70. The van der Waals surface area contributed by atoms with E-state index in [1.165, 1.54) is 11.3 Å². The summed E-state index contributed by atoms with van der Waals surface area (Å²) in [5.41, 5.74) is 4.79. The molecule has 0 spiro atoms. The molecule has 0 radical (unpaired) electrons.